The lowest BCUT2D eigenvalue weighted by atomic mass is 10.0. The van der Waals surface area contributed by atoms with Crippen LogP contribution < -0.4 is 0 Å². The van der Waals surface area contributed by atoms with E-state index in [1.807, 2.05) is 6.92 Å². The van der Waals surface area contributed by atoms with Gasteiger partial charge in [0.2, 0.25) is 0 Å². The molecule has 4 heteroatoms. The Morgan fingerprint density at radius 1 is 1.20 bits per heavy atom. The van der Waals surface area contributed by atoms with E-state index < -0.39 is 6.10 Å². The third-order valence-electron chi connectivity index (χ3n) is 2.41. The summed E-state index contributed by atoms with van der Waals surface area (Å²) in [5.41, 5.74) is 0.881. The number of aryl methyl sites for hydroxylation is 1. The minimum atomic E-state index is -0.952. The number of phenolic OH excluding ortho intramolecular Hbond substituents is 2. The van der Waals surface area contributed by atoms with Gasteiger partial charge in [0.05, 0.1) is 6.10 Å². The molecule has 0 fully saturated rings. The third kappa shape index (κ3) is 2.40. The number of rotatable bonds is 4. The van der Waals surface area contributed by atoms with Gasteiger partial charge in [0.1, 0.15) is 0 Å². The van der Waals surface area contributed by atoms with Gasteiger partial charge in [-0.1, -0.05) is 19.1 Å². The van der Waals surface area contributed by atoms with Crippen LogP contribution in [0.2, 0.25) is 0 Å². The van der Waals surface area contributed by atoms with Crippen molar-refractivity contribution in [3.05, 3.63) is 23.3 Å². The summed E-state index contributed by atoms with van der Waals surface area (Å²) < 4.78 is 0. The van der Waals surface area contributed by atoms with Crippen molar-refractivity contribution < 1.29 is 20.4 Å². The first kappa shape index (κ1) is 11.8. The minimum Gasteiger partial charge on any atom is -0.504 e. The normalized spacial score (nSPS) is 12.7. The van der Waals surface area contributed by atoms with E-state index in [0.29, 0.717) is 12.0 Å². The van der Waals surface area contributed by atoms with Crippen LogP contribution >= 0.6 is 0 Å². The summed E-state index contributed by atoms with van der Waals surface area (Å²) in [6.45, 7) is 1.69. The number of hydrogen-bond acceptors (Lipinski definition) is 4. The summed E-state index contributed by atoms with van der Waals surface area (Å²) in [5.74, 6) is -0.484. The van der Waals surface area contributed by atoms with Gasteiger partial charge in [0, 0.05) is 18.6 Å². The fourth-order valence-electron chi connectivity index (χ4n) is 1.47. The summed E-state index contributed by atoms with van der Waals surface area (Å²) in [6, 6.07) is 3.22. The van der Waals surface area contributed by atoms with Crippen molar-refractivity contribution in [2.45, 2.75) is 25.9 Å². The van der Waals surface area contributed by atoms with Crippen LogP contribution in [0.1, 0.15) is 30.6 Å². The molecule has 84 valence electrons. The maximum absolute atomic E-state index is 9.61. The number of aliphatic hydroxyl groups excluding tert-OH is 2. The zero-order chi connectivity index (χ0) is 11.4. The molecular formula is C11H16O4. The molecule has 0 heterocycles. The van der Waals surface area contributed by atoms with Crippen molar-refractivity contribution in [1.82, 2.24) is 0 Å². The molecule has 1 unspecified atom stereocenters. The minimum absolute atomic E-state index is 0.137. The van der Waals surface area contributed by atoms with E-state index in [4.69, 9.17) is 5.11 Å². The first-order chi connectivity index (χ1) is 7.11. The zero-order valence-electron chi connectivity index (χ0n) is 8.64. The summed E-state index contributed by atoms with van der Waals surface area (Å²) in [5, 5.41) is 37.4. The molecule has 0 aliphatic heterocycles. The summed E-state index contributed by atoms with van der Waals surface area (Å²) in [4.78, 5) is 0. The van der Waals surface area contributed by atoms with Gasteiger partial charge in [-0.3, -0.25) is 0 Å². The molecule has 1 aromatic rings. The molecule has 0 aliphatic rings. The van der Waals surface area contributed by atoms with Crippen LogP contribution in [0.15, 0.2) is 12.1 Å². The summed E-state index contributed by atoms with van der Waals surface area (Å²) in [6.07, 6.45) is -0.208. The van der Waals surface area contributed by atoms with Crippen LogP contribution in [-0.4, -0.2) is 27.0 Å². The first-order valence-corrected chi connectivity index (χ1v) is 4.94. The van der Waals surface area contributed by atoms with Crippen molar-refractivity contribution >= 4 is 0 Å². The van der Waals surface area contributed by atoms with Crippen LogP contribution in [0, 0.1) is 0 Å². The van der Waals surface area contributed by atoms with Crippen molar-refractivity contribution in [2.75, 3.05) is 6.61 Å². The number of phenols is 2. The average Bonchev–Trinajstić information content (AvgIpc) is 2.22. The largest absolute Gasteiger partial charge is 0.504 e. The monoisotopic (exact) mass is 212 g/mol. The highest BCUT2D eigenvalue weighted by Gasteiger charge is 2.16. The van der Waals surface area contributed by atoms with E-state index in [1.54, 1.807) is 12.1 Å². The fraction of sp³-hybridized carbons (Fsp3) is 0.455. The van der Waals surface area contributed by atoms with E-state index in [9.17, 15) is 15.3 Å². The van der Waals surface area contributed by atoms with Gasteiger partial charge >= 0.3 is 0 Å². The Hall–Kier alpha value is -1.26. The molecule has 1 rings (SSSR count). The van der Waals surface area contributed by atoms with E-state index in [-0.39, 0.29) is 30.1 Å². The van der Waals surface area contributed by atoms with Gasteiger partial charge in [-0.25, -0.2) is 0 Å². The Bertz CT molecular complexity index is 336. The van der Waals surface area contributed by atoms with Crippen LogP contribution in [-0.2, 0) is 6.42 Å². The maximum atomic E-state index is 9.61. The van der Waals surface area contributed by atoms with Gasteiger partial charge in [0.15, 0.2) is 11.5 Å². The Morgan fingerprint density at radius 3 is 2.40 bits per heavy atom. The molecule has 0 bridgehead atoms. The lowest BCUT2D eigenvalue weighted by Gasteiger charge is -2.13. The molecule has 1 aromatic carbocycles. The van der Waals surface area contributed by atoms with E-state index in [1.165, 1.54) is 0 Å². The number of benzene rings is 1. The second kappa shape index (κ2) is 5.00. The Kier molecular flexibility index (Phi) is 3.94. The molecular weight excluding hydrogens is 196 g/mol. The molecule has 0 radical (unpaired) electrons. The van der Waals surface area contributed by atoms with Crippen molar-refractivity contribution in [1.29, 1.82) is 0 Å². The van der Waals surface area contributed by atoms with Crippen LogP contribution in [0.5, 0.6) is 11.5 Å². The molecule has 0 saturated heterocycles. The molecule has 0 spiro atoms. The maximum Gasteiger partial charge on any atom is 0.163 e. The van der Waals surface area contributed by atoms with Gasteiger partial charge in [-0.15, -0.1) is 0 Å². The van der Waals surface area contributed by atoms with Crippen molar-refractivity contribution in [2.24, 2.45) is 0 Å². The quantitative estimate of drug-likeness (QED) is 0.563. The Balaban J connectivity index is 3.06. The molecule has 15 heavy (non-hydrogen) atoms. The smallest absolute Gasteiger partial charge is 0.163 e. The van der Waals surface area contributed by atoms with Gasteiger partial charge < -0.3 is 20.4 Å². The first-order valence-electron chi connectivity index (χ1n) is 4.94. The summed E-state index contributed by atoms with van der Waals surface area (Å²) >= 11 is 0. The number of aromatic hydroxyl groups is 2. The average molecular weight is 212 g/mol. The van der Waals surface area contributed by atoms with Gasteiger partial charge in [0.25, 0.3) is 0 Å². The predicted molar refractivity (Wildman–Crippen MR) is 55.8 cm³/mol. The predicted octanol–water partition coefficient (Wildman–Crippen LogP) is 1.08. The molecule has 0 aliphatic carbocycles. The third-order valence-corrected chi connectivity index (χ3v) is 2.41. The highest BCUT2D eigenvalue weighted by Crippen LogP contribution is 2.36. The van der Waals surface area contributed by atoms with E-state index in [2.05, 4.69) is 0 Å². The SMILES string of the molecule is CCc1ccc(C(O)CCO)c(O)c1O. The number of hydrogen-bond donors (Lipinski definition) is 4. The van der Waals surface area contributed by atoms with Crippen LogP contribution in [0.25, 0.3) is 0 Å². The Labute approximate surface area is 88.4 Å². The highest BCUT2D eigenvalue weighted by molar-refractivity contribution is 5.50. The van der Waals surface area contributed by atoms with Crippen molar-refractivity contribution in [3.8, 4) is 11.5 Å². The topological polar surface area (TPSA) is 80.9 Å². The van der Waals surface area contributed by atoms with Gasteiger partial charge in [-0.05, 0) is 12.0 Å². The fourth-order valence-corrected chi connectivity index (χ4v) is 1.47. The van der Waals surface area contributed by atoms with Crippen LogP contribution in [0.3, 0.4) is 0 Å². The highest BCUT2D eigenvalue weighted by atomic mass is 16.3. The lowest BCUT2D eigenvalue weighted by Crippen LogP contribution is -2.01. The molecule has 0 aromatic heterocycles. The van der Waals surface area contributed by atoms with Crippen LogP contribution in [0.4, 0.5) is 0 Å². The second-order valence-electron chi connectivity index (χ2n) is 3.39. The molecule has 0 saturated carbocycles. The molecule has 4 N–H and O–H groups in total. The van der Waals surface area contributed by atoms with E-state index in [0.717, 1.165) is 0 Å². The van der Waals surface area contributed by atoms with Crippen molar-refractivity contribution in [3.63, 3.8) is 0 Å². The van der Waals surface area contributed by atoms with Gasteiger partial charge in [-0.2, -0.15) is 0 Å². The van der Waals surface area contributed by atoms with E-state index >= 15 is 0 Å². The standard InChI is InChI=1S/C11H16O4/c1-2-7-3-4-8(9(13)5-6-12)11(15)10(7)14/h3-4,9,12-15H,2,5-6H2,1H3. The molecule has 4 nitrogen and oxygen atoms in total. The molecule has 1 atom stereocenters. The Morgan fingerprint density at radius 2 is 1.87 bits per heavy atom. The second-order valence-corrected chi connectivity index (χ2v) is 3.39. The number of aliphatic hydroxyl groups is 2. The lowest BCUT2D eigenvalue weighted by molar-refractivity contribution is 0.131. The molecule has 0 amide bonds. The zero-order valence-corrected chi connectivity index (χ0v) is 8.64. The summed E-state index contributed by atoms with van der Waals surface area (Å²) in [7, 11) is 0.